The summed E-state index contributed by atoms with van der Waals surface area (Å²) in [5.74, 6) is 0.853. The molecule has 0 saturated carbocycles. The lowest BCUT2D eigenvalue weighted by Crippen LogP contribution is -2.40. The second-order valence-corrected chi connectivity index (χ2v) is 7.20. The molecule has 1 aliphatic heterocycles. The maximum absolute atomic E-state index is 6.14. The zero-order valence-electron chi connectivity index (χ0n) is 13.1. The van der Waals surface area contributed by atoms with Crippen LogP contribution in [0.15, 0.2) is 18.2 Å². The molecule has 1 unspecified atom stereocenters. The number of fused-ring (bicyclic) bond motifs is 1. The molecule has 0 amide bonds. The van der Waals surface area contributed by atoms with Crippen molar-refractivity contribution in [3.63, 3.8) is 0 Å². The van der Waals surface area contributed by atoms with E-state index in [4.69, 9.17) is 11.6 Å². The van der Waals surface area contributed by atoms with Gasteiger partial charge in [-0.2, -0.15) is 0 Å². The summed E-state index contributed by atoms with van der Waals surface area (Å²) in [6.07, 6.45) is 6.29. The fourth-order valence-electron chi connectivity index (χ4n) is 4.07. The SMILES string of the molecule is CCC1(CNCC2CCNCC2)CCc2cc(Cl)ccc21. The van der Waals surface area contributed by atoms with Crippen LogP contribution in [-0.4, -0.2) is 26.2 Å². The lowest BCUT2D eigenvalue weighted by molar-refractivity contribution is 0.322. The highest BCUT2D eigenvalue weighted by Crippen LogP contribution is 2.42. The highest BCUT2D eigenvalue weighted by Gasteiger charge is 2.36. The van der Waals surface area contributed by atoms with Crippen LogP contribution in [0.4, 0.5) is 0 Å². The number of aryl methyl sites for hydroxylation is 1. The highest BCUT2D eigenvalue weighted by atomic mass is 35.5. The Morgan fingerprint density at radius 1 is 1.33 bits per heavy atom. The first kappa shape index (κ1) is 15.3. The van der Waals surface area contributed by atoms with E-state index in [1.165, 1.54) is 62.9 Å². The smallest absolute Gasteiger partial charge is 0.0408 e. The molecule has 1 fully saturated rings. The van der Waals surface area contributed by atoms with Crippen LogP contribution in [0.1, 0.15) is 43.7 Å². The second-order valence-electron chi connectivity index (χ2n) is 6.76. The molecular formula is C18H27ClN2. The highest BCUT2D eigenvalue weighted by molar-refractivity contribution is 6.30. The van der Waals surface area contributed by atoms with Crippen LogP contribution < -0.4 is 10.6 Å². The number of benzene rings is 1. The predicted octanol–water partition coefficient (Wildman–Crippen LogP) is 3.52. The quantitative estimate of drug-likeness (QED) is 0.870. The molecule has 0 radical (unpaired) electrons. The Morgan fingerprint density at radius 3 is 2.90 bits per heavy atom. The van der Waals surface area contributed by atoms with E-state index >= 15 is 0 Å². The van der Waals surface area contributed by atoms with E-state index in [2.05, 4.69) is 35.8 Å². The number of nitrogens with one attached hydrogen (secondary N) is 2. The van der Waals surface area contributed by atoms with Gasteiger partial charge >= 0.3 is 0 Å². The Bertz CT molecular complexity index is 482. The van der Waals surface area contributed by atoms with Crippen LogP contribution in [0, 0.1) is 5.92 Å². The minimum Gasteiger partial charge on any atom is -0.317 e. The van der Waals surface area contributed by atoms with Gasteiger partial charge in [0, 0.05) is 17.0 Å². The van der Waals surface area contributed by atoms with Crippen LogP contribution in [0.5, 0.6) is 0 Å². The molecule has 3 rings (SSSR count). The van der Waals surface area contributed by atoms with Gasteiger partial charge in [-0.3, -0.25) is 0 Å². The normalized spacial score (nSPS) is 26.0. The van der Waals surface area contributed by atoms with E-state index in [0.717, 1.165) is 17.5 Å². The summed E-state index contributed by atoms with van der Waals surface area (Å²) in [6, 6.07) is 6.49. The summed E-state index contributed by atoms with van der Waals surface area (Å²) in [5, 5.41) is 8.10. The van der Waals surface area contributed by atoms with Crippen molar-refractivity contribution in [3.05, 3.63) is 34.3 Å². The minimum absolute atomic E-state index is 0.326. The van der Waals surface area contributed by atoms with Crippen LogP contribution in [0.25, 0.3) is 0 Å². The molecule has 1 aliphatic carbocycles. The van der Waals surface area contributed by atoms with Crippen molar-refractivity contribution in [1.82, 2.24) is 10.6 Å². The van der Waals surface area contributed by atoms with Crippen molar-refractivity contribution in [2.75, 3.05) is 26.2 Å². The van der Waals surface area contributed by atoms with Gasteiger partial charge < -0.3 is 10.6 Å². The molecule has 116 valence electrons. The van der Waals surface area contributed by atoms with E-state index in [1.807, 2.05) is 0 Å². The standard InChI is InChI=1S/C18H27ClN2/c1-2-18(13-21-12-14-6-9-20-10-7-14)8-5-15-11-16(19)3-4-17(15)18/h3-4,11,14,20-21H,2,5-10,12-13H2,1H3. The molecule has 1 heterocycles. The van der Waals surface area contributed by atoms with E-state index in [9.17, 15) is 0 Å². The minimum atomic E-state index is 0.326. The van der Waals surface area contributed by atoms with Crippen molar-refractivity contribution in [1.29, 1.82) is 0 Å². The summed E-state index contributed by atoms with van der Waals surface area (Å²) in [4.78, 5) is 0. The van der Waals surface area contributed by atoms with Crippen LogP contribution in [0.2, 0.25) is 5.02 Å². The molecule has 0 spiro atoms. The van der Waals surface area contributed by atoms with Gasteiger partial charge in [0.25, 0.3) is 0 Å². The predicted molar refractivity (Wildman–Crippen MR) is 90.2 cm³/mol. The lowest BCUT2D eigenvalue weighted by Gasteiger charge is -2.31. The summed E-state index contributed by atoms with van der Waals surface area (Å²) < 4.78 is 0. The first-order valence-electron chi connectivity index (χ1n) is 8.44. The van der Waals surface area contributed by atoms with E-state index in [-0.39, 0.29) is 0 Å². The molecule has 2 nitrogen and oxygen atoms in total. The van der Waals surface area contributed by atoms with Crippen molar-refractivity contribution in [2.24, 2.45) is 5.92 Å². The van der Waals surface area contributed by atoms with Gasteiger partial charge in [0.1, 0.15) is 0 Å². The summed E-state index contributed by atoms with van der Waals surface area (Å²) >= 11 is 6.14. The first-order valence-corrected chi connectivity index (χ1v) is 8.82. The van der Waals surface area contributed by atoms with Crippen molar-refractivity contribution in [2.45, 2.75) is 44.4 Å². The second kappa shape index (κ2) is 6.68. The summed E-state index contributed by atoms with van der Waals surface area (Å²) in [5.41, 5.74) is 3.33. The van der Waals surface area contributed by atoms with Crippen LogP contribution in [-0.2, 0) is 11.8 Å². The Balaban J connectivity index is 1.63. The molecule has 2 aliphatic rings. The molecule has 1 saturated heterocycles. The van der Waals surface area contributed by atoms with Gasteiger partial charge in [-0.05, 0) is 80.9 Å². The van der Waals surface area contributed by atoms with Gasteiger partial charge in [-0.1, -0.05) is 24.6 Å². The fourth-order valence-corrected chi connectivity index (χ4v) is 4.27. The fraction of sp³-hybridized carbons (Fsp3) is 0.667. The zero-order valence-corrected chi connectivity index (χ0v) is 13.8. The van der Waals surface area contributed by atoms with Gasteiger partial charge in [0.2, 0.25) is 0 Å². The maximum atomic E-state index is 6.14. The molecule has 2 N–H and O–H groups in total. The lowest BCUT2D eigenvalue weighted by atomic mass is 9.79. The van der Waals surface area contributed by atoms with Gasteiger partial charge in [0.05, 0.1) is 0 Å². The largest absolute Gasteiger partial charge is 0.317 e. The average Bonchev–Trinajstić information content (AvgIpc) is 2.87. The summed E-state index contributed by atoms with van der Waals surface area (Å²) in [7, 11) is 0. The topological polar surface area (TPSA) is 24.1 Å². The van der Waals surface area contributed by atoms with Crippen LogP contribution in [0.3, 0.4) is 0 Å². The van der Waals surface area contributed by atoms with Gasteiger partial charge in [-0.25, -0.2) is 0 Å². The third kappa shape index (κ3) is 3.28. The molecule has 1 aromatic carbocycles. The third-order valence-electron chi connectivity index (χ3n) is 5.54. The Hall–Kier alpha value is -0.570. The molecular weight excluding hydrogens is 280 g/mol. The summed E-state index contributed by atoms with van der Waals surface area (Å²) in [6.45, 7) is 6.99. The first-order chi connectivity index (χ1) is 10.2. The third-order valence-corrected chi connectivity index (χ3v) is 5.78. The number of hydrogen-bond donors (Lipinski definition) is 2. The Morgan fingerprint density at radius 2 is 2.14 bits per heavy atom. The molecule has 1 atom stereocenters. The van der Waals surface area contributed by atoms with Gasteiger partial charge in [-0.15, -0.1) is 0 Å². The van der Waals surface area contributed by atoms with E-state index < -0.39 is 0 Å². The molecule has 1 aromatic rings. The number of piperidine rings is 1. The maximum Gasteiger partial charge on any atom is 0.0408 e. The molecule has 0 bridgehead atoms. The van der Waals surface area contributed by atoms with E-state index in [0.29, 0.717) is 5.41 Å². The monoisotopic (exact) mass is 306 g/mol. The average molecular weight is 307 g/mol. The van der Waals surface area contributed by atoms with E-state index in [1.54, 1.807) is 0 Å². The Labute approximate surface area is 133 Å². The van der Waals surface area contributed by atoms with Gasteiger partial charge in [0.15, 0.2) is 0 Å². The van der Waals surface area contributed by atoms with Crippen molar-refractivity contribution < 1.29 is 0 Å². The molecule has 0 aromatic heterocycles. The van der Waals surface area contributed by atoms with Crippen molar-refractivity contribution in [3.8, 4) is 0 Å². The van der Waals surface area contributed by atoms with Crippen molar-refractivity contribution >= 4 is 11.6 Å². The molecule has 3 heteroatoms. The number of rotatable bonds is 5. The number of halogens is 1. The van der Waals surface area contributed by atoms with Crippen LogP contribution >= 0.6 is 11.6 Å². The zero-order chi connectivity index (χ0) is 14.7. The molecule has 21 heavy (non-hydrogen) atoms. The number of hydrogen-bond acceptors (Lipinski definition) is 2. The Kier molecular flexibility index (Phi) is 4.88.